The van der Waals surface area contributed by atoms with E-state index in [2.05, 4.69) is 0 Å². The van der Waals surface area contributed by atoms with Crippen molar-refractivity contribution < 1.29 is 71.1 Å². The van der Waals surface area contributed by atoms with E-state index in [1.54, 1.807) is 0 Å². The first kappa shape index (κ1) is 14.9. The van der Waals surface area contributed by atoms with Gasteiger partial charge < -0.3 is 19.7 Å². The summed E-state index contributed by atoms with van der Waals surface area (Å²) in [7, 11) is 0. The smallest absolute Gasteiger partial charge is 0.545 e. The first-order chi connectivity index (χ1) is 6.66. The number of ether oxygens (including phenoxy) is 1. The molecule has 0 aromatic heterocycles. The van der Waals surface area contributed by atoms with E-state index in [4.69, 9.17) is 4.74 Å². The monoisotopic (exact) mass is 234 g/mol. The van der Waals surface area contributed by atoms with Crippen molar-refractivity contribution >= 4 is 5.97 Å². The van der Waals surface area contributed by atoms with Crippen LogP contribution >= 0.6 is 0 Å². The van der Waals surface area contributed by atoms with Crippen molar-refractivity contribution in [2.24, 2.45) is 0 Å². The van der Waals surface area contributed by atoms with Crippen LogP contribution in [0.15, 0.2) is 18.2 Å². The number of rotatable bonds is 4. The van der Waals surface area contributed by atoms with E-state index in [1.165, 1.54) is 18.2 Å². The van der Waals surface area contributed by atoms with Gasteiger partial charge in [0.15, 0.2) is 11.5 Å². The SMILES string of the molecule is CCCOc1cccc(C(=O)[O-])c1O.[K+]. The number of aromatic hydroxyl groups is 1. The third-order valence-electron chi connectivity index (χ3n) is 1.68. The molecule has 76 valence electrons. The van der Waals surface area contributed by atoms with Crippen LogP contribution in [0.1, 0.15) is 23.7 Å². The average molecular weight is 234 g/mol. The first-order valence-corrected chi connectivity index (χ1v) is 4.33. The van der Waals surface area contributed by atoms with Gasteiger partial charge in [0, 0.05) is 5.56 Å². The largest absolute Gasteiger partial charge is 1.00 e. The van der Waals surface area contributed by atoms with Crippen molar-refractivity contribution in [3.8, 4) is 11.5 Å². The van der Waals surface area contributed by atoms with Crippen LogP contribution in [0.2, 0.25) is 0 Å². The summed E-state index contributed by atoms with van der Waals surface area (Å²) >= 11 is 0. The summed E-state index contributed by atoms with van der Waals surface area (Å²) in [4.78, 5) is 10.5. The minimum absolute atomic E-state index is 0. The zero-order valence-corrected chi connectivity index (χ0v) is 11.9. The summed E-state index contributed by atoms with van der Waals surface area (Å²) < 4.78 is 5.14. The molecule has 0 aliphatic carbocycles. The summed E-state index contributed by atoms with van der Waals surface area (Å²) in [6, 6.07) is 4.27. The summed E-state index contributed by atoms with van der Waals surface area (Å²) in [5, 5.41) is 20.0. The summed E-state index contributed by atoms with van der Waals surface area (Å²) in [6.45, 7) is 2.35. The minimum atomic E-state index is -1.41. The van der Waals surface area contributed by atoms with E-state index < -0.39 is 5.97 Å². The van der Waals surface area contributed by atoms with E-state index in [-0.39, 0.29) is 68.4 Å². The van der Waals surface area contributed by atoms with E-state index in [0.29, 0.717) is 6.61 Å². The average Bonchev–Trinajstić information content (AvgIpc) is 2.16. The van der Waals surface area contributed by atoms with Crippen LogP contribution in [0.3, 0.4) is 0 Å². The van der Waals surface area contributed by atoms with Gasteiger partial charge in [-0.05, 0) is 18.6 Å². The molecule has 0 radical (unpaired) electrons. The number of aromatic carboxylic acids is 1. The molecule has 4 nitrogen and oxygen atoms in total. The van der Waals surface area contributed by atoms with Crippen molar-refractivity contribution in [2.45, 2.75) is 13.3 Å². The maximum atomic E-state index is 10.5. The molecule has 0 atom stereocenters. The van der Waals surface area contributed by atoms with E-state index in [1.807, 2.05) is 6.92 Å². The summed E-state index contributed by atoms with van der Waals surface area (Å²) in [5.74, 6) is -1.61. The van der Waals surface area contributed by atoms with Crippen molar-refractivity contribution in [1.82, 2.24) is 0 Å². The fourth-order valence-corrected chi connectivity index (χ4v) is 1.02. The molecular formula is C10H11KO4. The minimum Gasteiger partial charge on any atom is -0.545 e. The molecule has 1 aromatic carbocycles. The zero-order chi connectivity index (χ0) is 10.6. The molecule has 0 bridgehead atoms. The number of carboxylic acids is 1. The van der Waals surface area contributed by atoms with Crippen LogP contribution < -0.4 is 61.2 Å². The van der Waals surface area contributed by atoms with Crippen LogP contribution in [-0.4, -0.2) is 17.7 Å². The van der Waals surface area contributed by atoms with Crippen molar-refractivity contribution in [2.75, 3.05) is 6.61 Å². The molecule has 0 heterocycles. The number of hydrogen-bond acceptors (Lipinski definition) is 4. The molecule has 0 aliphatic heterocycles. The number of hydrogen-bond donors (Lipinski definition) is 1. The molecule has 1 rings (SSSR count). The molecule has 0 aliphatic rings. The van der Waals surface area contributed by atoms with Gasteiger partial charge in [-0.3, -0.25) is 0 Å². The molecule has 0 saturated heterocycles. The Morgan fingerprint density at radius 1 is 1.53 bits per heavy atom. The Labute approximate surface area is 131 Å². The fraction of sp³-hybridized carbons (Fsp3) is 0.300. The second-order valence-electron chi connectivity index (χ2n) is 2.79. The number of carboxylic acid groups (broad SMARTS) is 1. The van der Waals surface area contributed by atoms with Gasteiger partial charge in [0.25, 0.3) is 0 Å². The number of benzene rings is 1. The molecule has 0 fully saturated rings. The Morgan fingerprint density at radius 2 is 2.20 bits per heavy atom. The number of carbonyl (C=O) groups excluding carboxylic acids is 1. The van der Waals surface area contributed by atoms with Crippen LogP contribution in [0.4, 0.5) is 0 Å². The van der Waals surface area contributed by atoms with E-state index in [0.717, 1.165) is 6.42 Å². The molecule has 1 aromatic rings. The molecular weight excluding hydrogens is 223 g/mol. The second-order valence-corrected chi connectivity index (χ2v) is 2.79. The van der Waals surface area contributed by atoms with Gasteiger partial charge >= 0.3 is 51.4 Å². The quantitative estimate of drug-likeness (QED) is 0.587. The maximum absolute atomic E-state index is 10.5. The third-order valence-corrected chi connectivity index (χ3v) is 1.68. The summed E-state index contributed by atoms with van der Waals surface area (Å²) in [6.07, 6.45) is 0.787. The molecule has 5 heteroatoms. The van der Waals surface area contributed by atoms with Gasteiger partial charge in [0.05, 0.1) is 12.6 Å². The third kappa shape index (κ3) is 4.12. The molecule has 1 N–H and O–H groups in total. The van der Waals surface area contributed by atoms with Crippen LogP contribution in [0, 0.1) is 0 Å². The first-order valence-electron chi connectivity index (χ1n) is 4.33. The molecule has 15 heavy (non-hydrogen) atoms. The van der Waals surface area contributed by atoms with Crippen LogP contribution in [-0.2, 0) is 0 Å². The maximum Gasteiger partial charge on any atom is 1.00 e. The molecule has 0 unspecified atom stereocenters. The summed E-state index contributed by atoms with van der Waals surface area (Å²) in [5.41, 5.74) is -0.251. The van der Waals surface area contributed by atoms with Gasteiger partial charge in [-0.25, -0.2) is 0 Å². The Bertz CT molecular complexity index is 338. The fourth-order valence-electron chi connectivity index (χ4n) is 1.02. The zero-order valence-electron chi connectivity index (χ0n) is 8.82. The predicted octanol–water partition coefficient (Wildman–Crippen LogP) is -2.45. The number of phenols is 1. The van der Waals surface area contributed by atoms with Gasteiger partial charge in [-0.15, -0.1) is 0 Å². The predicted molar refractivity (Wildman–Crippen MR) is 48.2 cm³/mol. The van der Waals surface area contributed by atoms with Gasteiger partial charge in [-0.1, -0.05) is 13.0 Å². The normalized spacial score (nSPS) is 9.13. The molecule has 0 amide bonds. The Kier molecular flexibility index (Phi) is 7.21. The Balaban J connectivity index is 0.00000196. The van der Waals surface area contributed by atoms with E-state index in [9.17, 15) is 15.0 Å². The second kappa shape index (κ2) is 7.24. The number of carbonyl (C=O) groups is 1. The Morgan fingerprint density at radius 3 is 2.73 bits per heavy atom. The topological polar surface area (TPSA) is 69.6 Å². The van der Waals surface area contributed by atoms with Gasteiger partial charge in [0.1, 0.15) is 0 Å². The standard InChI is InChI=1S/C10H12O4.K/c1-2-6-14-8-5-3-4-7(9(8)11)10(12)13;/h3-5,11H,2,6H2,1H3,(H,12,13);/q;+1/p-1. The van der Waals surface area contributed by atoms with E-state index >= 15 is 0 Å². The Hall–Kier alpha value is -0.0736. The van der Waals surface area contributed by atoms with Gasteiger partial charge in [0.2, 0.25) is 0 Å². The number of para-hydroxylation sites is 1. The van der Waals surface area contributed by atoms with Crippen molar-refractivity contribution in [3.05, 3.63) is 23.8 Å². The van der Waals surface area contributed by atoms with Crippen LogP contribution in [0.25, 0.3) is 0 Å². The van der Waals surface area contributed by atoms with Crippen molar-refractivity contribution in [3.63, 3.8) is 0 Å². The van der Waals surface area contributed by atoms with Gasteiger partial charge in [-0.2, -0.15) is 0 Å². The molecule has 0 spiro atoms. The molecule has 0 saturated carbocycles. The van der Waals surface area contributed by atoms with Crippen LogP contribution in [0.5, 0.6) is 11.5 Å². The van der Waals surface area contributed by atoms with Crippen molar-refractivity contribution in [1.29, 1.82) is 0 Å².